The highest BCUT2D eigenvalue weighted by atomic mass is 16.5. The van der Waals surface area contributed by atoms with E-state index >= 15 is 0 Å². The highest BCUT2D eigenvalue weighted by molar-refractivity contribution is 5.90. The van der Waals surface area contributed by atoms with Crippen molar-refractivity contribution in [3.8, 4) is 17.0 Å². The van der Waals surface area contributed by atoms with E-state index in [2.05, 4.69) is 10.2 Å². The van der Waals surface area contributed by atoms with Gasteiger partial charge in [0.25, 0.3) is 0 Å². The van der Waals surface area contributed by atoms with Crippen LogP contribution < -0.4 is 4.74 Å². The third kappa shape index (κ3) is 6.13. The van der Waals surface area contributed by atoms with E-state index in [0.717, 1.165) is 52.5 Å². The maximum absolute atomic E-state index is 11.7. The second kappa shape index (κ2) is 10.7. The third-order valence-electron chi connectivity index (χ3n) is 5.22. The fraction of sp³-hybridized carbons (Fsp3) is 0.259. The summed E-state index contributed by atoms with van der Waals surface area (Å²) in [6, 6.07) is 22.0. The predicted octanol–water partition coefficient (Wildman–Crippen LogP) is 5.47. The van der Waals surface area contributed by atoms with Gasteiger partial charge in [0.2, 0.25) is 0 Å². The maximum Gasteiger partial charge on any atom is 0.177 e. The van der Waals surface area contributed by atoms with Crippen LogP contribution in [0.5, 0.6) is 5.75 Å². The van der Waals surface area contributed by atoms with Crippen LogP contribution in [0.15, 0.2) is 78.4 Å². The molecule has 0 bridgehead atoms. The molecule has 0 aliphatic heterocycles. The molecule has 0 aliphatic carbocycles. The van der Waals surface area contributed by atoms with Crippen LogP contribution in [0, 0.1) is 0 Å². The minimum absolute atomic E-state index is 0.186. The number of ketones is 1. The Balaban J connectivity index is 1.33. The van der Waals surface area contributed by atoms with Crippen LogP contribution in [0.2, 0.25) is 0 Å². The number of benzene rings is 2. The molecular weight excluding hydrogens is 412 g/mol. The Morgan fingerprint density at radius 3 is 2.48 bits per heavy atom. The number of hydrogen-bond acceptors (Lipinski definition) is 5. The largest absolute Gasteiger partial charge is 0.494 e. The molecule has 0 N–H and O–H groups in total. The van der Waals surface area contributed by atoms with Crippen molar-refractivity contribution < 1.29 is 9.53 Å². The summed E-state index contributed by atoms with van der Waals surface area (Å²) in [5.41, 5.74) is 4.82. The first-order valence-electron chi connectivity index (χ1n) is 11.2. The summed E-state index contributed by atoms with van der Waals surface area (Å²) in [6.45, 7) is 4.48. The second-order valence-corrected chi connectivity index (χ2v) is 8.29. The SMILES string of the molecule is CC(C)=CC(=O)CCCCOc1ccc(Cc2nnc3ccc(-c4ccccc4)nn23)cc1. The Kier molecular flexibility index (Phi) is 7.25. The Labute approximate surface area is 193 Å². The van der Waals surface area contributed by atoms with Crippen LogP contribution in [0.3, 0.4) is 0 Å². The summed E-state index contributed by atoms with van der Waals surface area (Å²) in [7, 11) is 0. The van der Waals surface area contributed by atoms with Crippen LogP contribution in [0.25, 0.3) is 16.9 Å². The molecule has 0 unspecified atom stereocenters. The number of aromatic nitrogens is 4. The molecular formula is C27H28N4O2. The van der Waals surface area contributed by atoms with Gasteiger partial charge in [-0.15, -0.1) is 10.2 Å². The zero-order valence-electron chi connectivity index (χ0n) is 19.1. The van der Waals surface area contributed by atoms with Crippen LogP contribution >= 0.6 is 0 Å². The molecule has 33 heavy (non-hydrogen) atoms. The average molecular weight is 441 g/mol. The van der Waals surface area contributed by atoms with Gasteiger partial charge in [-0.05, 0) is 62.6 Å². The van der Waals surface area contributed by atoms with E-state index in [4.69, 9.17) is 9.84 Å². The van der Waals surface area contributed by atoms with Crippen LogP contribution in [-0.4, -0.2) is 32.2 Å². The molecule has 2 aromatic heterocycles. The molecule has 0 saturated heterocycles. The van der Waals surface area contributed by atoms with Gasteiger partial charge in [-0.1, -0.05) is 48.0 Å². The molecule has 0 radical (unpaired) electrons. The van der Waals surface area contributed by atoms with Crippen LogP contribution in [-0.2, 0) is 11.2 Å². The lowest BCUT2D eigenvalue weighted by Crippen LogP contribution is -2.02. The number of nitrogens with zero attached hydrogens (tertiary/aromatic N) is 4. The van der Waals surface area contributed by atoms with Gasteiger partial charge in [-0.25, -0.2) is 0 Å². The third-order valence-corrected chi connectivity index (χ3v) is 5.22. The van der Waals surface area contributed by atoms with E-state index < -0.39 is 0 Å². The molecule has 0 amide bonds. The molecule has 168 valence electrons. The lowest BCUT2D eigenvalue weighted by Gasteiger charge is -2.07. The number of allylic oxidation sites excluding steroid dienone is 2. The first kappa shape index (κ1) is 22.4. The highest BCUT2D eigenvalue weighted by Gasteiger charge is 2.10. The van der Waals surface area contributed by atoms with Crippen molar-refractivity contribution in [3.63, 3.8) is 0 Å². The van der Waals surface area contributed by atoms with E-state index in [9.17, 15) is 4.79 Å². The summed E-state index contributed by atoms with van der Waals surface area (Å²) < 4.78 is 7.63. The lowest BCUT2D eigenvalue weighted by molar-refractivity contribution is -0.114. The predicted molar refractivity (Wildman–Crippen MR) is 129 cm³/mol. The molecule has 0 spiro atoms. The maximum atomic E-state index is 11.7. The fourth-order valence-electron chi connectivity index (χ4n) is 3.58. The quantitative estimate of drug-likeness (QED) is 0.242. The van der Waals surface area contributed by atoms with E-state index in [1.807, 2.05) is 85.1 Å². The first-order chi connectivity index (χ1) is 16.1. The monoisotopic (exact) mass is 440 g/mol. The number of unbranched alkanes of at least 4 members (excludes halogenated alkanes) is 1. The topological polar surface area (TPSA) is 69.4 Å². The van der Waals surface area contributed by atoms with Gasteiger partial charge in [0.05, 0.1) is 12.3 Å². The van der Waals surface area contributed by atoms with E-state index in [-0.39, 0.29) is 5.78 Å². The second-order valence-electron chi connectivity index (χ2n) is 8.29. The summed E-state index contributed by atoms with van der Waals surface area (Å²) >= 11 is 0. The minimum atomic E-state index is 0.186. The van der Waals surface area contributed by atoms with Gasteiger partial charge in [0, 0.05) is 18.4 Å². The summed E-state index contributed by atoms with van der Waals surface area (Å²) in [6.07, 6.45) is 4.58. The van der Waals surface area contributed by atoms with Crippen molar-refractivity contribution in [2.24, 2.45) is 0 Å². The lowest BCUT2D eigenvalue weighted by atomic mass is 10.1. The standard InChI is InChI=1S/C27H28N4O2/c1-20(2)18-23(32)10-6-7-17-33-24-13-11-21(12-14-24)19-27-29-28-26-16-15-25(30-31(26)27)22-8-4-3-5-9-22/h3-5,8-9,11-16,18H,6-7,10,17,19H2,1-2H3. The molecule has 0 saturated carbocycles. The Hall–Kier alpha value is -3.80. The van der Waals surface area contributed by atoms with Crippen molar-refractivity contribution in [1.29, 1.82) is 0 Å². The number of fused-ring (bicyclic) bond motifs is 1. The molecule has 0 atom stereocenters. The minimum Gasteiger partial charge on any atom is -0.494 e. The zero-order chi connectivity index (χ0) is 23.0. The Bertz CT molecular complexity index is 1240. The number of hydrogen-bond donors (Lipinski definition) is 0. The first-order valence-corrected chi connectivity index (χ1v) is 11.2. The van der Waals surface area contributed by atoms with Crippen LogP contribution in [0.1, 0.15) is 44.5 Å². The molecule has 6 heteroatoms. The Morgan fingerprint density at radius 1 is 0.939 bits per heavy atom. The summed E-state index contributed by atoms with van der Waals surface area (Å²) in [5.74, 6) is 1.80. The molecule has 4 aromatic rings. The zero-order valence-corrected chi connectivity index (χ0v) is 19.1. The van der Waals surface area contributed by atoms with Crippen molar-refractivity contribution in [2.45, 2.75) is 39.5 Å². The fourth-order valence-corrected chi connectivity index (χ4v) is 3.58. The number of ether oxygens (including phenoxy) is 1. The molecule has 0 fully saturated rings. The van der Waals surface area contributed by atoms with E-state index in [1.165, 1.54) is 0 Å². The van der Waals surface area contributed by atoms with Gasteiger partial charge in [0.15, 0.2) is 17.3 Å². The van der Waals surface area contributed by atoms with Gasteiger partial charge in [-0.3, -0.25) is 4.79 Å². The van der Waals surface area contributed by atoms with Crippen molar-refractivity contribution in [3.05, 3.63) is 89.8 Å². The number of carbonyl (C=O) groups excluding carboxylic acids is 1. The summed E-state index contributed by atoms with van der Waals surface area (Å²) in [5, 5.41) is 13.3. The summed E-state index contributed by atoms with van der Waals surface area (Å²) in [4.78, 5) is 11.7. The van der Waals surface area contributed by atoms with Crippen LogP contribution in [0.4, 0.5) is 0 Å². The normalized spacial score (nSPS) is 10.8. The van der Waals surface area contributed by atoms with E-state index in [0.29, 0.717) is 19.4 Å². The van der Waals surface area contributed by atoms with E-state index in [1.54, 1.807) is 6.08 Å². The average Bonchev–Trinajstić information content (AvgIpc) is 3.22. The van der Waals surface area contributed by atoms with Gasteiger partial charge < -0.3 is 4.74 Å². The smallest absolute Gasteiger partial charge is 0.177 e. The molecule has 6 nitrogen and oxygen atoms in total. The number of rotatable bonds is 10. The molecule has 4 rings (SSSR count). The van der Waals surface area contributed by atoms with Gasteiger partial charge in [0.1, 0.15) is 5.75 Å². The highest BCUT2D eigenvalue weighted by Crippen LogP contribution is 2.19. The van der Waals surface area contributed by atoms with Gasteiger partial charge >= 0.3 is 0 Å². The van der Waals surface area contributed by atoms with Crippen molar-refractivity contribution >= 4 is 11.4 Å². The molecule has 2 heterocycles. The molecule has 0 aliphatic rings. The number of carbonyl (C=O) groups is 1. The molecule has 2 aromatic carbocycles. The van der Waals surface area contributed by atoms with Crippen molar-refractivity contribution in [1.82, 2.24) is 19.8 Å². The van der Waals surface area contributed by atoms with Crippen molar-refractivity contribution in [2.75, 3.05) is 6.61 Å². The Morgan fingerprint density at radius 2 is 1.73 bits per heavy atom. The van der Waals surface area contributed by atoms with Gasteiger partial charge in [-0.2, -0.15) is 9.61 Å².